The molecule has 1 heterocycles. The number of hydrogen-bond donors (Lipinski definition) is 3. The molecule has 1 aliphatic heterocycles. The third kappa shape index (κ3) is 7.95. The SMILES string of the molecule is CC[C@@H](CN(C)S(=O)(=O)C1CC1)N1C(=O)[C@@](C)(CC(=O)NCCC(O)CO)C[C@H](c2cccc(Cl)c2)[C@H]1c1ccc(Cl)cc1. The van der Waals surface area contributed by atoms with Crippen molar-refractivity contribution in [2.24, 2.45) is 5.41 Å². The second-order valence-electron chi connectivity index (χ2n) is 12.4. The molecule has 4 rings (SSSR count). The van der Waals surface area contributed by atoms with Crippen molar-refractivity contribution in [3.63, 3.8) is 0 Å². The molecular formula is C32H43Cl2N3O6S. The number of nitrogens with one attached hydrogen (secondary N) is 1. The Hall–Kier alpha value is -2.21. The minimum atomic E-state index is -3.50. The van der Waals surface area contributed by atoms with Crippen molar-refractivity contribution < 1.29 is 28.2 Å². The number of piperidine rings is 1. The van der Waals surface area contributed by atoms with Gasteiger partial charge in [0.2, 0.25) is 21.8 Å². The zero-order chi connectivity index (χ0) is 32.2. The van der Waals surface area contributed by atoms with Gasteiger partial charge in [-0.25, -0.2) is 12.7 Å². The van der Waals surface area contributed by atoms with Gasteiger partial charge in [-0.1, -0.05) is 61.3 Å². The smallest absolute Gasteiger partial charge is 0.229 e. The van der Waals surface area contributed by atoms with Crippen LogP contribution in [0.4, 0.5) is 0 Å². The Balaban J connectivity index is 1.77. The normalized spacial score (nSPS) is 23.9. The molecule has 2 fully saturated rings. The van der Waals surface area contributed by atoms with Gasteiger partial charge in [0.25, 0.3) is 0 Å². The van der Waals surface area contributed by atoms with E-state index in [2.05, 4.69) is 5.32 Å². The molecule has 12 heteroatoms. The van der Waals surface area contributed by atoms with E-state index in [0.29, 0.717) is 35.7 Å². The van der Waals surface area contributed by atoms with E-state index >= 15 is 0 Å². The van der Waals surface area contributed by atoms with Crippen molar-refractivity contribution >= 4 is 45.0 Å². The number of nitrogens with zero attached hydrogens (tertiary/aromatic N) is 2. The number of likely N-dealkylation sites (N-methyl/N-ethyl adjacent to an activating group) is 1. The first-order chi connectivity index (χ1) is 20.8. The number of halogens is 2. The topological polar surface area (TPSA) is 127 Å². The van der Waals surface area contributed by atoms with Crippen LogP contribution >= 0.6 is 23.2 Å². The molecule has 0 aromatic heterocycles. The van der Waals surface area contributed by atoms with Crippen LogP contribution in [0.1, 0.15) is 75.5 Å². The number of likely N-dealkylation sites (tertiary alicyclic amines) is 1. The van der Waals surface area contributed by atoms with E-state index in [1.54, 1.807) is 37.1 Å². The summed E-state index contributed by atoms with van der Waals surface area (Å²) < 4.78 is 27.7. The Labute approximate surface area is 270 Å². The van der Waals surface area contributed by atoms with Gasteiger partial charge in [0.1, 0.15) is 0 Å². The summed E-state index contributed by atoms with van der Waals surface area (Å²) in [7, 11) is -1.92. The highest BCUT2D eigenvalue weighted by Crippen LogP contribution is 2.52. The number of carbonyl (C=O) groups is 2. The molecule has 242 valence electrons. The van der Waals surface area contributed by atoms with E-state index in [4.69, 9.17) is 28.3 Å². The maximum Gasteiger partial charge on any atom is 0.229 e. The highest BCUT2D eigenvalue weighted by atomic mass is 35.5. The van der Waals surface area contributed by atoms with Crippen molar-refractivity contribution in [2.45, 2.75) is 81.7 Å². The monoisotopic (exact) mass is 667 g/mol. The van der Waals surface area contributed by atoms with Crippen LogP contribution < -0.4 is 5.32 Å². The van der Waals surface area contributed by atoms with E-state index in [0.717, 1.165) is 11.1 Å². The van der Waals surface area contributed by atoms with Crippen LogP contribution in [-0.2, 0) is 19.6 Å². The van der Waals surface area contributed by atoms with Crippen molar-refractivity contribution in [1.29, 1.82) is 0 Å². The fourth-order valence-corrected chi connectivity index (χ4v) is 8.21. The maximum atomic E-state index is 14.7. The number of rotatable bonds is 14. The Morgan fingerprint density at radius 2 is 1.82 bits per heavy atom. The molecule has 1 aliphatic carbocycles. The minimum Gasteiger partial charge on any atom is -0.394 e. The van der Waals surface area contributed by atoms with Crippen molar-refractivity contribution in [3.8, 4) is 0 Å². The second-order valence-corrected chi connectivity index (χ2v) is 15.6. The van der Waals surface area contributed by atoms with Gasteiger partial charge in [-0.3, -0.25) is 9.59 Å². The van der Waals surface area contributed by atoms with Crippen LogP contribution in [0.15, 0.2) is 48.5 Å². The fourth-order valence-electron chi connectivity index (χ4n) is 6.27. The fraction of sp³-hybridized carbons (Fsp3) is 0.562. The summed E-state index contributed by atoms with van der Waals surface area (Å²) in [6, 6.07) is 13.9. The minimum absolute atomic E-state index is 0.103. The number of amides is 2. The molecule has 2 amide bonds. The van der Waals surface area contributed by atoms with E-state index in [1.165, 1.54) is 4.31 Å². The molecular weight excluding hydrogens is 625 g/mol. The van der Waals surface area contributed by atoms with E-state index in [1.807, 2.05) is 37.3 Å². The Bertz CT molecular complexity index is 1420. The maximum absolute atomic E-state index is 14.7. The second kappa shape index (κ2) is 14.5. The summed E-state index contributed by atoms with van der Waals surface area (Å²) in [5, 5.41) is 22.3. The summed E-state index contributed by atoms with van der Waals surface area (Å²) >= 11 is 12.7. The standard InChI is InChI=1S/C32H43Cl2N3O6S/c1-4-25(19-36(3)44(42,43)27-12-13-27)37-30(21-8-10-23(33)11-9-21)28(22-6-5-7-24(34)16-22)17-32(2,31(37)41)18-29(40)35-15-14-26(39)20-38/h5-11,16,25-28,30,38-39H,4,12-15,17-20H2,1-3H3,(H,35,40)/t25-,26?,28+,30+,32+/m0/s1. The summed E-state index contributed by atoms with van der Waals surface area (Å²) in [6.45, 7) is 3.60. The van der Waals surface area contributed by atoms with Crippen molar-refractivity contribution in [1.82, 2.24) is 14.5 Å². The molecule has 2 aliphatic rings. The number of benzene rings is 2. The van der Waals surface area contributed by atoms with Gasteiger partial charge in [0, 0.05) is 48.6 Å². The van der Waals surface area contributed by atoms with Crippen LogP contribution in [0.2, 0.25) is 10.0 Å². The Kier molecular flexibility index (Phi) is 11.4. The predicted molar refractivity (Wildman–Crippen MR) is 172 cm³/mol. The van der Waals surface area contributed by atoms with E-state index in [9.17, 15) is 23.1 Å². The lowest BCUT2D eigenvalue weighted by atomic mass is 9.67. The molecule has 5 atom stereocenters. The molecule has 1 saturated heterocycles. The lowest BCUT2D eigenvalue weighted by Gasteiger charge is -2.52. The number of aliphatic hydroxyl groups excluding tert-OH is 2. The first-order valence-corrected chi connectivity index (χ1v) is 17.4. The number of aliphatic hydroxyl groups is 2. The Morgan fingerprint density at radius 1 is 1.14 bits per heavy atom. The summed E-state index contributed by atoms with van der Waals surface area (Å²) in [4.78, 5) is 29.7. The predicted octanol–water partition coefficient (Wildman–Crippen LogP) is 4.51. The first kappa shape index (κ1) is 34.7. The van der Waals surface area contributed by atoms with Gasteiger partial charge in [-0.15, -0.1) is 0 Å². The zero-order valence-corrected chi connectivity index (χ0v) is 27.8. The number of carbonyl (C=O) groups excluding carboxylic acids is 2. The van der Waals surface area contributed by atoms with Crippen LogP contribution in [0.25, 0.3) is 0 Å². The van der Waals surface area contributed by atoms with E-state index in [-0.39, 0.29) is 48.9 Å². The van der Waals surface area contributed by atoms with Crippen molar-refractivity contribution in [2.75, 3.05) is 26.7 Å². The van der Waals surface area contributed by atoms with Crippen LogP contribution in [0.5, 0.6) is 0 Å². The zero-order valence-electron chi connectivity index (χ0n) is 25.5. The van der Waals surface area contributed by atoms with Gasteiger partial charge in [0.05, 0.1) is 29.4 Å². The molecule has 0 radical (unpaired) electrons. The molecule has 2 aromatic rings. The lowest BCUT2D eigenvalue weighted by Crippen LogP contribution is -2.58. The third-order valence-corrected chi connectivity index (χ3v) is 11.7. The highest BCUT2D eigenvalue weighted by Gasteiger charge is 2.52. The summed E-state index contributed by atoms with van der Waals surface area (Å²) in [5.41, 5.74) is 0.626. The molecule has 0 spiro atoms. The molecule has 3 N–H and O–H groups in total. The third-order valence-electron chi connectivity index (χ3n) is 8.86. The van der Waals surface area contributed by atoms with E-state index < -0.39 is 40.2 Å². The van der Waals surface area contributed by atoms with Gasteiger partial charge in [-0.2, -0.15) is 0 Å². The molecule has 9 nitrogen and oxygen atoms in total. The van der Waals surface area contributed by atoms with Crippen LogP contribution in [0.3, 0.4) is 0 Å². The molecule has 44 heavy (non-hydrogen) atoms. The molecule has 0 bridgehead atoms. The molecule has 1 unspecified atom stereocenters. The van der Waals surface area contributed by atoms with Crippen LogP contribution in [0, 0.1) is 5.41 Å². The highest BCUT2D eigenvalue weighted by molar-refractivity contribution is 7.90. The average molecular weight is 669 g/mol. The Morgan fingerprint density at radius 3 is 2.41 bits per heavy atom. The summed E-state index contributed by atoms with van der Waals surface area (Å²) in [5.74, 6) is -0.853. The summed E-state index contributed by atoms with van der Waals surface area (Å²) in [6.07, 6.45) is 1.24. The first-order valence-electron chi connectivity index (χ1n) is 15.1. The molecule has 2 aromatic carbocycles. The van der Waals surface area contributed by atoms with Crippen LogP contribution in [-0.4, -0.2) is 83.8 Å². The van der Waals surface area contributed by atoms with Gasteiger partial charge in [-0.05, 0) is 67.5 Å². The average Bonchev–Trinajstić information content (AvgIpc) is 3.84. The molecule has 1 saturated carbocycles. The van der Waals surface area contributed by atoms with Crippen molar-refractivity contribution in [3.05, 3.63) is 69.7 Å². The number of sulfonamides is 1. The quantitative estimate of drug-likeness (QED) is 0.272. The largest absolute Gasteiger partial charge is 0.394 e. The number of hydrogen-bond acceptors (Lipinski definition) is 6. The lowest BCUT2D eigenvalue weighted by molar-refractivity contribution is -0.157. The van der Waals surface area contributed by atoms with Gasteiger partial charge >= 0.3 is 0 Å². The van der Waals surface area contributed by atoms with Gasteiger partial charge < -0.3 is 20.4 Å². The van der Waals surface area contributed by atoms with Gasteiger partial charge in [0.15, 0.2) is 0 Å².